The van der Waals surface area contributed by atoms with Gasteiger partial charge in [-0.2, -0.15) is 0 Å². The predicted molar refractivity (Wildman–Crippen MR) is 57.9 cm³/mol. The molecule has 1 aromatic rings. The number of hydrogen-bond acceptors (Lipinski definition) is 2. The highest BCUT2D eigenvalue weighted by atomic mass is 35.5. The highest BCUT2D eigenvalue weighted by Gasteiger charge is 2.32. The van der Waals surface area contributed by atoms with Gasteiger partial charge in [0.25, 0.3) is 0 Å². The Morgan fingerprint density at radius 3 is 2.33 bits per heavy atom. The minimum absolute atomic E-state index is 0.170. The number of halogens is 1. The third kappa shape index (κ3) is 1.63. The van der Waals surface area contributed by atoms with Gasteiger partial charge < -0.3 is 0 Å². The fourth-order valence-electron chi connectivity index (χ4n) is 1.73. The van der Waals surface area contributed by atoms with Crippen LogP contribution in [0, 0.1) is 6.92 Å². The minimum atomic E-state index is -0.170. The van der Waals surface area contributed by atoms with Crippen molar-refractivity contribution in [3.05, 3.63) is 28.8 Å². The number of rotatable bonds is 1. The van der Waals surface area contributed by atoms with E-state index in [1.165, 1.54) is 4.90 Å². The maximum absolute atomic E-state index is 11.5. The molecule has 0 aromatic heterocycles. The number of nitrogens with zero attached hydrogens (tertiary/aromatic N) is 1. The lowest BCUT2D eigenvalue weighted by Gasteiger charge is -2.17. The molecule has 0 atom stereocenters. The average molecular weight is 224 g/mol. The molecule has 0 bridgehead atoms. The Morgan fingerprint density at radius 2 is 1.80 bits per heavy atom. The Labute approximate surface area is 92.6 Å². The lowest BCUT2D eigenvalue weighted by Crippen LogP contribution is -2.29. The largest absolute Gasteiger partial charge is 0.274 e. The first-order chi connectivity index (χ1) is 7.11. The predicted octanol–water partition coefficient (Wildman–Crippen LogP) is 2.30. The summed E-state index contributed by atoms with van der Waals surface area (Å²) in [6.45, 7) is 1.83. The summed E-state index contributed by atoms with van der Waals surface area (Å²) in [4.78, 5) is 24.3. The molecule has 0 saturated carbocycles. The van der Waals surface area contributed by atoms with E-state index in [1.54, 1.807) is 12.1 Å². The van der Waals surface area contributed by atoms with Crippen LogP contribution in [0.2, 0.25) is 5.02 Å². The number of carbonyl (C=O) groups is 2. The van der Waals surface area contributed by atoms with Gasteiger partial charge in [0.2, 0.25) is 11.8 Å². The van der Waals surface area contributed by atoms with Crippen LogP contribution in [-0.2, 0) is 9.59 Å². The molecule has 0 radical (unpaired) electrons. The van der Waals surface area contributed by atoms with E-state index in [4.69, 9.17) is 11.6 Å². The Morgan fingerprint density at radius 1 is 1.20 bits per heavy atom. The highest BCUT2D eigenvalue weighted by molar-refractivity contribution is 6.36. The molecule has 1 heterocycles. The lowest BCUT2D eigenvalue weighted by molar-refractivity contribution is -0.121. The maximum Gasteiger partial charge on any atom is 0.234 e. The zero-order valence-electron chi connectivity index (χ0n) is 8.29. The van der Waals surface area contributed by atoms with E-state index >= 15 is 0 Å². The molecule has 1 aromatic carbocycles. The van der Waals surface area contributed by atoms with Crippen LogP contribution < -0.4 is 4.90 Å². The normalized spacial score (nSPS) is 16.3. The van der Waals surface area contributed by atoms with Crippen LogP contribution >= 0.6 is 11.6 Å². The van der Waals surface area contributed by atoms with E-state index in [0.29, 0.717) is 10.7 Å². The van der Waals surface area contributed by atoms with Gasteiger partial charge in [0.15, 0.2) is 0 Å². The van der Waals surface area contributed by atoms with Gasteiger partial charge in [-0.1, -0.05) is 23.7 Å². The van der Waals surface area contributed by atoms with Gasteiger partial charge in [0.05, 0.1) is 10.7 Å². The van der Waals surface area contributed by atoms with Gasteiger partial charge >= 0.3 is 0 Å². The standard InChI is InChI=1S/C11H10ClNO2/c1-7-3-2-4-8(12)11(7)13-9(14)5-6-10(13)15/h2-4H,5-6H2,1H3. The fourth-order valence-corrected chi connectivity index (χ4v) is 2.04. The van der Waals surface area contributed by atoms with Crippen molar-refractivity contribution in [2.24, 2.45) is 0 Å². The Hall–Kier alpha value is -1.35. The second-order valence-corrected chi connectivity index (χ2v) is 3.94. The zero-order chi connectivity index (χ0) is 11.0. The van der Waals surface area contributed by atoms with E-state index in [1.807, 2.05) is 13.0 Å². The first kappa shape index (κ1) is 10.2. The summed E-state index contributed by atoms with van der Waals surface area (Å²) < 4.78 is 0. The summed E-state index contributed by atoms with van der Waals surface area (Å²) in [6, 6.07) is 5.31. The molecule has 1 saturated heterocycles. The minimum Gasteiger partial charge on any atom is -0.274 e. The fraction of sp³-hybridized carbons (Fsp3) is 0.273. The summed E-state index contributed by atoms with van der Waals surface area (Å²) in [5.74, 6) is -0.340. The molecule has 1 aliphatic heterocycles. The molecule has 0 N–H and O–H groups in total. The van der Waals surface area contributed by atoms with Crippen molar-refractivity contribution in [1.82, 2.24) is 0 Å². The molecular weight excluding hydrogens is 214 g/mol. The summed E-state index contributed by atoms with van der Waals surface area (Å²) in [6.07, 6.45) is 0.562. The van der Waals surface area contributed by atoms with Gasteiger partial charge in [-0.05, 0) is 18.6 Å². The number of amides is 2. The molecule has 1 fully saturated rings. The molecule has 0 unspecified atom stereocenters. The van der Waals surface area contributed by atoms with Crippen LogP contribution in [0.15, 0.2) is 18.2 Å². The van der Waals surface area contributed by atoms with Crippen molar-refractivity contribution in [2.45, 2.75) is 19.8 Å². The monoisotopic (exact) mass is 223 g/mol. The smallest absolute Gasteiger partial charge is 0.234 e. The Bertz CT molecular complexity index is 406. The third-order valence-corrected chi connectivity index (χ3v) is 2.77. The van der Waals surface area contributed by atoms with Crippen LogP contribution in [-0.4, -0.2) is 11.8 Å². The quantitative estimate of drug-likeness (QED) is 0.685. The molecule has 1 aliphatic rings. The molecule has 78 valence electrons. The molecular formula is C11H10ClNO2. The number of benzene rings is 1. The van der Waals surface area contributed by atoms with Crippen molar-refractivity contribution in [2.75, 3.05) is 4.90 Å². The molecule has 0 aliphatic carbocycles. The van der Waals surface area contributed by atoms with Crippen molar-refractivity contribution >= 4 is 29.1 Å². The number of para-hydroxylation sites is 1. The van der Waals surface area contributed by atoms with E-state index in [-0.39, 0.29) is 24.7 Å². The second-order valence-electron chi connectivity index (χ2n) is 3.53. The molecule has 4 heteroatoms. The number of carbonyl (C=O) groups excluding carboxylic acids is 2. The van der Waals surface area contributed by atoms with Crippen molar-refractivity contribution < 1.29 is 9.59 Å². The SMILES string of the molecule is Cc1cccc(Cl)c1N1C(=O)CCC1=O. The first-order valence-electron chi connectivity index (χ1n) is 4.72. The summed E-state index contributed by atoms with van der Waals surface area (Å²) >= 11 is 5.99. The van der Waals surface area contributed by atoms with Crippen LogP contribution in [0.3, 0.4) is 0 Å². The van der Waals surface area contributed by atoms with E-state index in [2.05, 4.69) is 0 Å². The highest BCUT2D eigenvalue weighted by Crippen LogP contribution is 2.32. The number of anilines is 1. The van der Waals surface area contributed by atoms with Crippen LogP contribution in [0.5, 0.6) is 0 Å². The molecule has 3 nitrogen and oxygen atoms in total. The topological polar surface area (TPSA) is 37.4 Å². The number of hydrogen-bond donors (Lipinski definition) is 0. The van der Waals surface area contributed by atoms with Crippen LogP contribution in [0.25, 0.3) is 0 Å². The van der Waals surface area contributed by atoms with E-state index in [9.17, 15) is 9.59 Å². The summed E-state index contributed by atoms with van der Waals surface area (Å²) in [5.41, 5.74) is 1.37. The molecule has 15 heavy (non-hydrogen) atoms. The summed E-state index contributed by atoms with van der Waals surface area (Å²) in [7, 11) is 0. The molecule has 0 spiro atoms. The van der Waals surface area contributed by atoms with E-state index in [0.717, 1.165) is 5.56 Å². The number of aryl methyl sites for hydroxylation is 1. The zero-order valence-corrected chi connectivity index (χ0v) is 9.04. The molecule has 2 rings (SSSR count). The van der Waals surface area contributed by atoms with Crippen molar-refractivity contribution in [3.8, 4) is 0 Å². The third-order valence-electron chi connectivity index (χ3n) is 2.46. The Balaban J connectivity index is 2.53. The van der Waals surface area contributed by atoms with Crippen molar-refractivity contribution in [3.63, 3.8) is 0 Å². The van der Waals surface area contributed by atoms with Gasteiger partial charge in [-0.25, -0.2) is 4.90 Å². The maximum atomic E-state index is 11.5. The second kappa shape index (κ2) is 3.66. The molecule has 2 amide bonds. The van der Waals surface area contributed by atoms with Gasteiger partial charge in [-0.15, -0.1) is 0 Å². The Kier molecular flexibility index (Phi) is 2.49. The van der Waals surface area contributed by atoms with Crippen LogP contribution in [0.1, 0.15) is 18.4 Å². The van der Waals surface area contributed by atoms with Gasteiger partial charge in [-0.3, -0.25) is 9.59 Å². The summed E-state index contributed by atoms with van der Waals surface area (Å²) in [5, 5.41) is 0.443. The number of imide groups is 1. The van der Waals surface area contributed by atoms with E-state index < -0.39 is 0 Å². The first-order valence-corrected chi connectivity index (χ1v) is 5.10. The lowest BCUT2D eigenvalue weighted by atomic mass is 10.2. The average Bonchev–Trinajstić information content (AvgIpc) is 2.49. The van der Waals surface area contributed by atoms with Gasteiger partial charge in [0.1, 0.15) is 0 Å². The van der Waals surface area contributed by atoms with Crippen molar-refractivity contribution in [1.29, 1.82) is 0 Å². The van der Waals surface area contributed by atoms with Crippen LogP contribution in [0.4, 0.5) is 5.69 Å². The van der Waals surface area contributed by atoms with Gasteiger partial charge in [0, 0.05) is 12.8 Å².